The van der Waals surface area contributed by atoms with Crippen LogP contribution in [-0.4, -0.2) is 36.2 Å². The van der Waals surface area contributed by atoms with Gasteiger partial charge in [0.05, 0.1) is 17.3 Å². The van der Waals surface area contributed by atoms with Crippen molar-refractivity contribution in [3.63, 3.8) is 0 Å². The van der Waals surface area contributed by atoms with Crippen LogP contribution >= 0.6 is 11.6 Å². The highest BCUT2D eigenvalue weighted by Crippen LogP contribution is 2.44. The van der Waals surface area contributed by atoms with E-state index in [2.05, 4.69) is 34.6 Å². The van der Waals surface area contributed by atoms with E-state index in [1.807, 2.05) is 36.4 Å². The minimum Gasteiger partial charge on any atom is -0.478 e. The smallest absolute Gasteiger partial charge is 0.407 e. The van der Waals surface area contributed by atoms with E-state index in [-0.39, 0.29) is 35.3 Å². The van der Waals surface area contributed by atoms with Crippen LogP contribution in [-0.2, 0) is 9.53 Å². The second-order valence-corrected chi connectivity index (χ2v) is 7.81. The Morgan fingerprint density at radius 1 is 0.941 bits per heavy atom. The molecule has 0 aromatic heterocycles. The molecule has 0 aliphatic heterocycles. The second kappa shape index (κ2) is 10.1. The fourth-order valence-electron chi connectivity index (χ4n) is 3.89. The van der Waals surface area contributed by atoms with Gasteiger partial charge in [-0.05, 0) is 40.3 Å². The average Bonchev–Trinajstić information content (AvgIpc) is 3.14. The maximum Gasteiger partial charge on any atom is 0.407 e. The molecule has 0 unspecified atom stereocenters. The van der Waals surface area contributed by atoms with Crippen molar-refractivity contribution >= 4 is 35.3 Å². The van der Waals surface area contributed by atoms with E-state index in [1.54, 1.807) is 0 Å². The van der Waals surface area contributed by atoms with Crippen molar-refractivity contribution in [3.05, 3.63) is 88.4 Å². The number of anilines is 1. The van der Waals surface area contributed by atoms with Gasteiger partial charge < -0.3 is 20.5 Å². The molecule has 0 heterocycles. The number of fused-ring (bicyclic) bond motifs is 3. The Labute approximate surface area is 200 Å². The lowest BCUT2D eigenvalue weighted by Crippen LogP contribution is -2.26. The van der Waals surface area contributed by atoms with Gasteiger partial charge in [-0.15, -0.1) is 0 Å². The first-order valence-corrected chi connectivity index (χ1v) is 10.7. The number of hydrogen-bond acceptors (Lipinski definition) is 4. The number of ether oxygens (including phenoxy) is 1. The maximum atomic E-state index is 12.1. The van der Waals surface area contributed by atoms with Crippen LogP contribution in [0.4, 0.5) is 10.5 Å². The van der Waals surface area contributed by atoms with E-state index in [0.717, 1.165) is 22.3 Å². The third kappa shape index (κ3) is 4.87. The third-order valence-corrected chi connectivity index (χ3v) is 5.66. The van der Waals surface area contributed by atoms with Crippen molar-refractivity contribution in [3.8, 4) is 23.0 Å². The summed E-state index contributed by atoms with van der Waals surface area (Å²) in [6.45, 7) is 0.0476. The van der Waals surface area contributed by atoms with E-state index < -0.39 is 18.0 Å². The molecule has 8 heteroatoms. The summed E-state index contributed by atoms with van der Waals surface area (Å²) in [5.41, 5.74) is 4.29. The highest BCUT2D eigenvalue weighted by molar-refractivity contribution is 6.34. The maximum absolute atomic E-state index is 12.1. The van der Waals surface area contributed by atoms with E-state index in [0.29, 0.717) is 0 Å². The molecule has 0 saturated carbocycles. The van der Waals surface area contributed by atoms with Gasteiger partial charge >= 0.3 is 12.1 Å². The van der Waals surface area contributed by atoms with Gasteiger partial charge in [-0.3, -0.25) is 4.79 Å². The molecule has 1 aliphatic carbocycles. The Morgan fingerprint density at radius 2 is 1.59 bits per heavy atom. The fourth-order valence-corrected chi connectivity index (χ4v) is 4.14. The van der Waals surface area contributed by atoms with E-state index in [9.17, 15) is 19.5 Å². The number of rotatable bonds is 5. The average molecular weight is 475 g/mol. The highest BCUT2D eigenvalue weighted by Gasteiger charge is 2.28. The second-order valence-electron chi connectivity index (χ2n) is 7.40. The lowest BCUT2D eigenvalue weighted by Gasteiger charge is -2.14. The van der Waals surface area contributed by atoms with Crippen molar-refractivity contribution in [2.24, 2.45) is 0 Å². The topological polar surface area (TPSA) is 105 Å². The molecule has 0 bridgehead atoms. The summed E-state index contributed by atoms with van der Waals surface area (Å²) in [6, 6.07) is 20.4. The van der Waals surface area contributed by atoms with Crippen molar-refractivity contribution in [1.82, 2.24) is 5.32 Å². The van der Waals surface area contributed by atoms with Crippen LogP contribution in [0.2, 0.25) is 5.02 Å². The van der Waals surface area contributed by atoms with Crippen LogP contribution in [0.25, 0.3) is 11.1 Å². The molecule has 0 radical (unpaired) electrons. The number of hydrogen-bond donors (Lipinski definition) is 3. The molecule has 0 spiro atoms. The zero-order valence-electron chi connectivity index (χ0n) is 17.8. The van der Waals surface area contributed by atoms with Crippen molar-refractivity contribution in [2.45, 2.75) is 5.92 Å². The highest BCUT2D eigenvalue weighted by atomic mass is 35.5. The lowest BCUT2D eigenvalue weighted by molar-refractivity contribution is -0.111. The lowest BCUT2D eigenvalue weighted by atomic mass is 9.98. The van der Waals surface area contributed by atoms with Crippen LogP contribution in [0.5, 0.6) is 0 Å². The summed E-state index contributed by atoms with van der Waals surface area (Å²) in [4.78, 5) is 35.5. The zero-order chi connectivity index (χ0) is 24.1. The zero-order valence-corrected chi connectivity index (χ0v) is 18.6. The number of halogens is 1. The van der Waals surface area contributed by atoms with Gasteiger partial charge in [0, 0.05) is 5.92 Å². The number of carboxylic acid groups (broad SMARTS) is 1. The molecule has 0 saturated heterocycles. The van der Waals surface area contributed by atoms with Crippen molar-refractivity contribution < 1.29 is 24.2 Å². The summed E-state index contributed by atoms with van der Waals surface area (Å²) in [5.74, 6) is 2.72. The molecule has 4 rings (SSSR count). The molecule has 7 nitrogen and oxygen atoms in total. The number of carbonyl (C=O) groups is 3. The molecule has 3 aromatic rings. The van der Waals surface area contributed by atoms with Gasteiger partial charge in [0.15, 0.2) is 0 Å². The first kappa shape index (κ1) is 22.9. The Morgan fingerprint density at radius 3 is 2.24 bits per heavy atom. The number of nitrogens with one attached hydrogen (secondary N) is 2. The molecule has 170 valence electrons. The molecule has 34 heavy (non-hydrogen) atoms. The minimum absolute atomic E-state index is 0.00446. The van der Waals surface area contributed by atoms with Crippen LogP contribution in [0.1, 0.15) is 27.4 Å². The normalized spacial score (nSPS) is 11.4. The summed E-state index contributed by atoms with van der Waals surface area (Å²) < 4.78 is 5.40. The molecule has 3 N–H and O–H groups in total. The summed E-state index contributed by atoms with van der Waals surface area (Å²) in [6.07, 6.45) is -0.653. The molecule has 1 aliphatic rings. The largest absolute Gasteiger partial charge is 0.478 e. The van der Waals surface area contributed by atoms with Gasteiger partial charge in [0.25, 0.3) is 5.91 Å². The van der Waals surface area contributed by atoms with Gasteiger partial charge in [-0.25, -0.2) is 9.59 Å². The number of amides is 2. The van der Waals surface area contributed by atoms with Crippen LogP contribution in [0.15, 0.2) is 66.7 Å². The Kier molecular flexibility index (Phi) is 6.81. The number of benzene rings is 3. The Balaban J connectivity index is 1.30. The van der Waals surface area contributed by atoms with Gasteiger partial charge in [0.2, 0.25) is 0 Å². The minimum atomic E-state index is -1.27. The van der Waals surface area contributed by atoms with Crippen molar-refractivity contribution in [2.75, 3.05) is 18.5 Å². The van der Waals surface area contributed by atoms with Crippen LogP contribution < -0.4 is 10.6 Å². The van der Waals surface area contributed by atoms with E-state index in [1.165, 1.54) is 18.2 Å². The monoisotopic (exact) mass is 474 g/mol. The number of carbonyl (C=O) groups excluding carboxylic acids is 2. The quantitative estimate of drug-likeness (QED) is 0.472. The molecule has 0 atom stereocenters. The predicted molar refractivity (Wildman–Crippen MR) is 128 cm³/mol. The molecule has 2 amide bonds. The summed E-state index contributed by atoms with van der Waals surface area (Å²) in [5, 5.41) is 14.1. The molecule has 3 aromatic carbocycles. The fraction of sp³-hybridized carbons (Fsp3) is 0.115. The van der Waals surface area contributed by atoms with Crippen LogP contribution in [0, 0.1) is 11.8 Å². The third-order valence-electron chi connectivity index (χ3n) is 5.34. The van der Waals surface area contributed by atoms with Gasteiger partial charge in [-0.2, -0.15) is 0 Å². The standard InChI is InChI=1S/C26H19ClN2O5/c27-21-11-5-12-22(24(21)25(31)32)29-23(30)13-6-14-28-26(33)34-15-20-18-9-3-1-7-16(18)17-8-2-4-10-19(17)20/h1-5,7-12,20H,14-15H2,(H,28,33)(H,29,30)(H,31,32). The van der Waals surface area contributed by atoms with Crippen molar-refractivity contribution in [1.29, 1.82) is 0 Å². The molecular formula is C26H19ClN2O5. The van der Waals surface area contributed by atoms with Crippen LogP contribution in [0.3, 0.4) is 0 Å². The Hall–Kier alpha value is -4.28. The summed E-state index contributed by atoms with van der Waals surface area (Å²) in [7, 11) is 0. The first-order chi connectivity index (χ1) is 16.5. The number of aromatic carboxylic acids is 1. The van der Waals surface area contributed by atoms with E-state index in [4.69, 9.17) is 16.3 Å². The molecule has 0 fully saturated rings. The first-order valence-electron chi connectivity index (χ1n) is 10.4. The number of alkyl carbamates (subject to hydrolysis) is 1. The Bertz CT molecular complexity index is 1300. The van der Waals surface area contributed by atoms with Gasteiger partial charge in [-0.1, -0.05) is 72.1 Å². The SMILES string of the molecule is O=C(C#CCNC(=O)OCC1c2ccccc2-c2ccccc21)Nc1cccc(Cl)c1C(=O)O. The van der Waals surface area contributed by atoms with E-state index >= 15 is 0 Å². The summed E-state index contributed by atoms with van der Waals surface area (Å²) >= 11 is 5.87. The van der Waals surface area contributed by atoms with Gasteiger partial charge in [0.1, 0.15) is 12.2 Å². The molecular weight excluding hydrogens is 456 g/mol. The predicted octanol–water partition coefficient (Wildman–Crippen LogP) is 4.52. The number of carboxylic acids is 1.